The number of aryl methyl sites for hydroxylation is 1. The van der Waals surface area contributed by atoms with Crippen molar-refractivity contribution in [2.45, 2.75) is 17.5 Å². The third-order valence-corrected chi connectivity index (χ3v) is 4.07. The molecular weight excluding hydrogens is 246 g/mol. The molecule has 0 saturated heterocycles. The van der Waals surface area contributed by atoms with Crippen molar-refractivity contribution in [2.24, 2.45) is 0 Å². The minimum absolute atomic E-state index is 0.213. The van der Waals surface area contributed by atoms with Crippen molar-refractivity contribution >= 4 is 17.4 Å². The number of benzene rings is 1. The molecule has 0 spiro atoms. The van der Waals surface area contributed by atoms with Crippen molar-refractivity contribution in [3.8, 4) is 0 Å². The van der Waals surface area contributed by atoms with Crippen molar-refractivity contribution in [2.75, 3.05) is 24.4 Å². The van der Waals surface area contributed by atoms with E-state index in [1.807, 2.05) is 25.7 Å². The third-order valence-electron chi connectivity index (χ3n) is 2.98. The number of fused-ring (bicyclic) bond motifs is 1. The number of rotatable bonds is 2. The van der Waals surface area contributed by atoms with Crippen LogP contribution in [0, 0.1) is 6.92 Å². The molecule has 2 aromatic rings. The molecular formula is C12H15N5S. The second-order valence-electron chi connectivity index (χ2n) is 4.48. The predicted molar refractivity (Wildman–Crippen MR) is 73.5 cm³/mol. The van der Waals surface area contributed by atoms with Gasteiger partial charge in [0.2, 0.25) is 5.16 Å². The smallest absolute Gasteiger partial charge is 0.212 e. The molecule has 6 heteroatoms. The highest BCUT2D eigenvalue weighted by molar-refractivity contribution is 7.99. The minimum Gasteiger partial charge on any atom is -0.378 e. The fraction of sp³-hybridized carbons (Fsp3) is 0.333. The quantitative estimate of drug-likeness (QED) is 0.896. The van der Waals surface area contributed by atoms with Crippen LogP contribution in [0.15, 0.2) is 29.4 Å². The molecule has 0 saturated carbocycles. The molecule has 5 nitrogen and oxygen atoms in total. The minimum atomic E-state index is 0.213. The Morgan fingerprint density at radius 3 is 2.56 bits per heavy atom. The SMILES string of the molecule is Cc1nnc2n1NC(c1ccc(N(C)C)cc1)S2. The second-order valence-corrected chi connectivity index (χ2v) is 5.55. The van der Waals surface area contributed by atoms with Crippen LogP contribution in [-0.2, 0) is 0 Å². The number of aromatic nitrogens is 3. The first-order chi connectivity index (χ1) is 8.65. The van der Waals surface area contributed by atoms with E-state index in [1.165, 1.54) is 11.3 Å². The molecule has 3 rings (SSSR count). The van der Waals surface area contributed by atoms with E-state index in [2.05, 4.69) is 44.8 Å². The van der Waals surface area contributed by atoms with Gasteiger partial charge in [-0.05, 0) is 24.6 Å². The fourth-order valence-corrected chi connectivity index (χ4v) is 2.95. The summed E-state index contributed by atoms with van der Waals surface area (Å²) in [5.74, 6) is 0.893. The van der Waals surface area contributed by atoms with Crippen LogP contribution in [0.5, 0.6) is 0 Å². The summed E-state index contributed by atoms with van der Waals surface area (Å²) in [7, 11) is 4.09. The number of hydrogen-bond acceptors (Lipinski definition) is 5. The van der Waals surface area contributed by atoms with Gasteiger partial charge in [-0.1, -0.05) is 23.9 Å². The third kappa shape index (κ3) is 1.82. The molecule has 1 aromatic carbocycles. The standard InChI is InChI=1S/C12H15N5S/c1-8-13-14-12-17(8)15-11(18-12)9-4-6-10(7-5-9)16(2)3/h4-7,11,15H,1-3H3. The second kappa shape index (κ2) is 4.20. The highest BCUT2D eigenvalue weighted by Crippen LogP contribution is 2.38. The zero-order valence-electron chi connectivity index (χ0n) is 10.6. The van der Waals surface area contributed by atoms with E-state index in [4.69, 9.17) is 0 Å². The van der Waals surface area contributed by atoms with E-state index >= 15 is 0 Å². The van der Waals surface area contributed by atoms with Gasteiger partial charge in [0.05, 0.1) is 0 Å². The number of nitrogens with zero attached hydrogens (tertiary/aromatic N) is 4. The van der Waals surface area contributed by atoms with Crippen LogP contribution < -0.4 is 10.3 Å². The van der Waals surface area contributed by atoms with Gasteiger partial charge >= 0.3 is 0 Å². The lowest BCUT2D eigenvalue weighted by Gasteiger charge is -2.15. The molecule has 1 unspecified atom stereocenters. The Morgan fingerprint density at radius 1 is 1.22 bits per heavy atom. The predicted octanol–water partition coefficient (Wildman–Crippen LogP) is 2.00. The Balaban J connectivity index is 1.81. The fourth-order valence-electron chi connectivity index (χ4n) is 1.91. The molecule has 1 atom stereocenters. The maximum atomic E-state index is 4.12. The van der Waals surface area contributed by atoms with E-state index < -0.39 is 0 Å². The maximum absolute atomic E-state index is 4.12. The molecule has 2 heterocycles. The summed E-state index contributed by atoms with van der Waals surface area (Å²) in [6.45, 7) is 1.95. The molecule has 1 aliphatic heterocycles. The van der Waals surface area contributed by atoms with Gasteiger partial charge in [-0.15, -0.1) is 10.2 Å². The average molecular weight is 261 g/mol. The summed E-state index contributed by atoms with van der Waals surface area (Å²) in [4.78, 5) is 2.10. The Bertz CT molecular complexity index is 560. The summed E-state index contributed by atoms with van der Waals surface area (Å²) in [5.41, 5.74) is 5.84. The molecule has 0 amide bonds. The zero-order valence-corrected chi connectivity index (χ0v) is 11.4. The van der Waals surface area contributed by atoms with E-state index in [1.54, 1.807) is 11.8 Å². The number of hydrogen-bond donors (Lipinski definition) is 1. The average Bonchev–Trinajstić information content (AvgIpc) is 2.92. The molecule has 94 valence electrons. The van der Waals surface area contributed by atoms with E-state index in [0.717, 1.165) is 11.0 Å². The first-order valence-corrected chi connectivity index (χ1v) is 6.65. The van der Waals surface area contributed by atoms with Crippen LogP contribution in [-0.4, -0.2) is 29.0 Å². The number of thioether (sulfide) groups is 1. The van der Waals surface area contributed by atoms with Crippen molar-refractivity contribution in [1.82, 2.24) is 14.9 Å². The highest BCUT2D eigenvalue weighted by atomic mass is 32.2. The van der Waals surface area contributed by atoms with Gasteiger partial charge in [0.15, 0.2) is 0 Å². The lowest BCUT2D eigenvalue weighted by molar-refractivity contribution is 0.763. The molecule has 18 heavy (non-hydrogen) atoms. The van der Waals surface area contributed by atoms with E-state index in [9.17, 15) is 0 Å². The summed E-state index contributed by atoms with van der Waals surface area (Å²) in [6.07, 6.45) is 0. The number of anilines is 1. The molecule has 0 bridgehead atoms. The summed E-state index contributed by atoms with van der Waals surface area (Å²) >= 11 is 1.69. The van der Waals surface area contributed by atoms with Crippen LogP contribution in [0.3, 0.4) is 0 Å². The van der Waals surface area contributed by atoms with Gasteiger partial charge < -0.3 is 10.3 Å². The Labute approximate surface area is 110 Å². The Morgan fingerprint density at radius 2 is 1.94 bits per heavy atom. The Kier molecular flexibility index (Phi) is 2.66. The van der Waals surface area contributed by atoms with Crippen LogP contribution in [0.1, 0.15) is 16.8 Å². The molecule has 1 aromatic heterocycles. The van der Waals surface area contributed by atoms with Gasteiger partial charge in [0.25, 0.3) is 0 Å². The molecule has 1 aliphatic rings. The monoisotopic (exact) mass is 261 g/mol. The van der Waals surface area contributed by atoms with Gasteiger partial charge in [-0.3, -0.25) is 0 Å². The van der Waals surface area contributed by atoms with Crippen LogP contribution in [0.2, 0.25) is 0 Å². The lowest BCUT2D eigenvalue weighted by atomic mass is 10.2. The van der Waals surface area contributed by atoms with Crippen LogP contribution in [0.4, 0.5) is 5.69 Å². The van der Waals surface area contributed by atoms with Gasteiger partial charge in [0.1, 0.15) is 11.2 Å². The lowest BCUT2D eigenvalue weighted by Crippen LogP contribution is -2.14. The largest absolute Gasteiger partial charge is 0.378 e. The van der Waals surface area contributed by atoms with Gasteiger partial charge in [0, 0.05) is 19.8 Å². The normalized spacial score (nSPS) is 17.4. The van der Waals surface area contributed by atoms with Crippen molar-refractivity contribution in [1.29, 1.82) is 0 Å². The maximum Gasteiger partial charge on any atom is 0.212 e. The molecule has 0 radical (unpaired) electrons. The topological polar surface area (TPSA) is 46.0 Å². The van der Waals surface area contributed by atoms with Crippen molar-refractivity contribution in [3.05, 3.63) is 35.7 Å². The van der Waals surface area contributed by atoms with Crippen molar-refractivity contribution < 1.29 is 0 Å². The summed E-state index contributed by atoms with van der Waals surface area (Å²) < 4.78 is 1.94. The molecule has 0 fully saturated rings. The highest BCUT2D eigenvalue weighted by Gasteiger charge is 2.26. The van der Waals surface area contributed by atoms with Crippen LogP contribution >= 0.6 is 11.8 Å². The summed E-state index contributed by atoms with van der Waals surface area (Å²) in [6, 6.07) is 8.55. The van der Waals surface area contributed by atoms with Gasteiger partial charge in [-0.25, -0.2) is 4.68 Å². The van der Waals surface area contributed by atoms with Crippen molar-refractivity contribution in [3.63, 3.8) is 0 Å². The van der Waals surface area contributed by atoms with E-state index in [-0.39, 0.29) is 5.37 Å². The first kappa shape index (κ1) is 11.4. The number of nitrogens with one attached hydrogen (secondary N) is 1. The van der Waals surface area contributed by atoms with Crippen LogP contribution in [0.25, 0.3) is 0 Å². The Hall–Kier alpha value is -1.69. The summed E-state index contributed by atoms with van der Waals surface area (Å²) in [5, 5.41) is 9.29. The molecule has 0 aliphatic carbocycles. The van der Waals surface area contributed by atoms with E-state index in [0.29, 0.717) is 0 Å². The molecule has 1 N–H and O–H groups in total. The zero-order chi connectivity index (χ0) is 12.7. The van der Waals surface area contributed by atoms with Gasteiger partial charge in [-0.2, -0.15) is 0 Å². The first-order valence-electron chi connectivity index (χ1n) is 5.77.